The van der Waals surface area contributed by atoms with E-state index >= 15 is 0 Å². The zero-order valence-electron chi connectivity index (χ0n) is 11.5. The standard InChI is InChI=1S/C13H22NO3P/c1-10(5-6-18(3,4)17)8-14-9-11(2)12(15)7-13(14)16/h8-9,12,15H,5-7H2,1-4H3. The Hall–Kier alpha value is -0.860. The van der Waals surface area contributed by atoms with Gasteiger partial charge >= 0.3 is 0 Å². The minimum atomic E-state index is -2.01. The summed E-state index contributed by atoms with van der Waals surface area (Å²) in [5.41, 5.74) is 1.81. The van der Waals surface area contributed by atoms with Crippen molar-refractivity contribution in [2.75, 3.05) is 19.5 Å². The number of aliphatic hydroxyl groups is 1. The maximum absolute atomic E-state index is 11.7. The van der Waals surface area contributed by atoms with E-state index in [0.29, 0.717) is 6.16 Å². The van der Waals surface area contributed by atoms with Gasteiger partial charge in [-0.2, -0.15) is 0 Å². The molecule has 1 heterocycles. The summed E-state index contributed by atoms with van der Waals surface area (Å²) in [5.74, 6) is -0.108. The third kappa shape index (κ3) is 4.79. The summed E-state index contributed by atoms with van der Waals surface area (Å²) >= 11 is 0. The Balaban J connectivity index is 2.70. The van der Waals surface area contributed by atoms with Crippen molar-refractivity contribution in [3.63, 3.8) is 0 Å². The van der Waals surface area contributed by atoms with E-state index in [0.717, 1.165) is 17.6 Å². The summed E-state index contributed by atoms with van der Waals surface area (Å²) in [6.45, 7) is 7.27. The Bertz CT molecular complexity index is 434. The topological polar surface area (TPSA) is 57.6 Å². The lowest BCUT2D eigenvalue weighted by atomic mass is 10.1. The number of hydrogen-bond donors (Lipinski definition) is 1. The van der Waals surface area contributed by atoms with Crippen molar-refractivity contribution < 1.29 is 14.5 Å². The maximum atomic E-state index is 11.7. The maximum Gasteiger partial charge on any atom is 0.233 e. The zero-order chi connectivity index (χ0) is 13.9. The van der Waals surface area contributed by atoms with E-state index in [4.69, 9.17) is 0 Å². The van der Waals surface area contributed by atoms with Gasteiger partial charge in [0.1, 0.15) is 0 Å². The molecule has 1 aliphatic rings. The van der Waals surface area contributed by atoms with Gasteiger partial charge in [0.2, 0.25) is 5.91 Å². The molecule has 0 fully saturated rings. The zero-order valence-corrected chi connectivity index (χ0v) is 12.4. The second-order valence-electron chi connectivity index (χ2n) is 5.42. The molecule has 1 rings (SSSR count). The Morgan fingerprint density at radius 2 is 2.22 bits per heavy atom. The van der Waals surface area contributed by atoms with E-state index in [1.54, 1.807) is 32.7 Å². The fourth-order valence-corrected chi connectivity index (χ4v) is 2.56. The molecule has 1 unspecified atom stereocenters. The Morgan fingerprint density at radius 1 is 1.61 bits per heavy atom. The van der Waals surface area contributed by atoms with Crippen LogP contribution in [0.1, 0.15) is 26.7 Å². The van der Waals surface area contributed by atoms with Gasteiger partial charge in [0.25, 0.3) is 0 Å². The summed E-state index contributed by atoms with van der Waals surface area (Å²) in [7, 11) is -2.01. The molecule has 1 atom stereocenters. The normalized spacial score (nSPS) is 22.2. The molecule has 0 spiro atoms. The molecule has 102 valence electrons. The van der Waals surface area contributed by atoms with Gasteiger partial charge in [-0.15, -0.1) is 0 Å². The SMILES string of the molecule is CC(=CN1C=C(C)C(O)CC1=O)CCP(C)(C)=O. The Kier molecular flexibility index (Phi) is 4.94. The first-order valence-corrected chi connectivity index (χ1v) is 8.86. The van der Waals surface area contributed by atoms with Crippen LogP contribution in [0, 0.1) is 0 Å². The number of rotatable bonds is 4. The van der Waals surface area contributed by atoms with Gasteiger partial charge in [0, 0.05) is 18.6 Å². The van der Waals surface area contributed by atoms with Crippen molar-refractivity contribution in [3.05, 3.63) is 23.5 Å². The van der Waals surface area contributed by atoms with Crippen molar-refractivity contribution in [2.45, 2.75) is 32.8 Å². The lowest BCUT2D eigenvalue weighted by molar-refractivity contribution is -0.129. The third-order valence-electron chi connectivity index (χ3n) is 2.93. The lowest BCUT2D eigenvalue weighted by Gasteiger charge is -2.24. The molecule has 1 aliphatic heterocycles. The summed E-state index contributed by atoms with van der Waals surface area (Å²) in [5, 5.41) is 9.54. The number of hydrogen-bond acceptors (Lipinski definition) is 3. The fraction of sp³-hybridized carbons (Fsp3) is 0.615. The highest BCUT2D eigenvalue weighted by molar-refractivity contribution is 7.62. The largest absolute Gasteiger partial charge is 0.388 e. The minimum absolute atomic E-state index is 0.108. The van der Waals surface area contributed by atoms with Gasteiger partial charge in [0.05, 0.1) is 19.7 Å². The first-order valence-electron chi connectivity index (χ1n) is 6.08. The van der Waals surface area contributed by atoms with Crippen molar-refractivity contribution >= 4 is 13.0 Å². The van der Waals surface area contributed by atoms with Gasteiger partial charge in [-0.05, 0) is 39.2 Å². The van der Waals surface area contributed by atoms with E-state index in [2.05, 4.69) is 0 Å². The van der Waals surface area contributed by atoms with Crippen LogP contribution in [0.2, 0.25) is 0 Å². The Labute approximate surface area is 109 Å². The first-order chi connectivity index (χ1) is 8.19. The third-order valence-corrected chi connectivity index (χ3v) is 4.23. The molecule has 0 saturated carbocycles. The molecule has 0 saturated heterocycles. The van der Waals surface area contributed by atoms with Crippen LogP contribution in [-0.2, 0) is 9.36 Å². The predicted octanol–water partition coefficient (Wildman–Crippen LogP) is 2.40. The summed E-state index contributed by atoms with van der Waals surface area (Å²) in [4.78, 5) is 13.2. The van der Waals surface area contributed by atoms with Crippen molar-refractivity contribution in [3.8, 4) is 0 Å². The minimum Gasteiger partial charge on any atom is -0.388 e. The highest BCUT2D eigenvalue weighted by Crippen LogP contribution is 2.37. The molecule has 18 heavy (non-hydrogen) atoms. The number of nitrogens with zero attached hydrogens (tertiary/aromatic N) is 1. The second-order valence-corrected chi connectivity index (χ2v) is 9.01. The summed E-state index contributed by atoms with van der Waals surface area (Å²) < 4.78 is 11.6. The van der Waals surface area contributed by atoms with E-state index in [1.165, 1.54) is 4.90 Å². The van der Waals surface area contributed by atoms with Crippen molar-refractivity contribution in [1.29, 1.82) is 0 Å². The smallest absolute Gasteiger partial charge is 0.233 e. The van der Waals surface area contributed by atoms with E-state index in [-0.39, 0.29) is 12.3 Å². The van der Waals surface area contributed by atoms with E-state index in [9.17, 15) is 14.5 Å². The molecule has 0 bridgehead atoms. The van der Waals surface area contributed by atoms with Crippen molar-refractivity contribution in [1.82, 2.24) is 4.90 Å². The van der Waals surface area contributed by atoms with Crippen LogP contribution < -0.4 is 0 Å². The van der Waals surface area contributed by atoms with Crippen LogP contribution in [0.15, 0.2) is 23.5 Å². The van der Waals surface area contributed by atoms with E-state index < -0.39 is 13.2 Å². The monoisotopic (exact) mass is 271 g/mol. The second kappa shape index (κ2) is 5.85. The molecule has 1 N–H and O–H groups in total. The van der Waals surface area contributed by atoms with Gasteiger partial charge in [0.15, 0.2) is 0 Å². The summed E-state index contributed by atoms with van der Waals surface area (Å²) in [6, 6.07) is 0. The quantitative estimate of drug-likeness (QED) is 0.799. The van der Waals surface area contributed by atoms with Crippen LogP contribution in [-0.4, -0.2) is 41.5 Å². The summed E-state index contributed by atoms with van der Waals surface area (Å²) in [6.07, 6.45) is 4.29. The fourth-order valence-electron chi connectivity index (χ4n) is 1.67. The average Bonchev–Trinajstić information content (AvgIpc) is 2.22. The first kappa shape index (κ1) is 15.2. The molecule has 0 aromatic rings. The molecular weight excluding hydrogens is 249 g/mol. The average molecular weight is 271 g/mol. The number of amides is 1. The van der Waals surface area contributed by atoms with Crippen LogP contribution >= 0.6 is 7.14 Å². The highest BCUT2D eigenvalue weighted by Gasteiger charge is 2.22. The number of allylic oxidation sites excluding steroid dienone is 1. The molecule has 0 radical (unpaired) electrons. The van der Waals surface area contributed by atoms with Gasteiger partial charge in [-0.3, -0.25) is 9.69 Å². The predicted molar refractivity (Wildman–Crippen MR) is 73.9 cm³/mol. The molecule has 5 heteroatoms. The highest BCUT2D eigenvalue weighted by atomic mass is 31.2. The number of aliphatic hydroxyl groups excluding tert-OH is 1. The van der Waals surface area contributed by atoms with Gasteiger partial charge in [-0.1, -0.05) is 5.57 Å². The molecule has 0 aliphatic carbocycles. The van der Waals surface area contributed by atoms with Gasteiger partial charge in [-0.25, -0.2) is 0 Å². The number of carbonyl (C=O) groups is 1. The molecular formula is C13H22NO3P. The lowest BCUT2D eigenvalue weighted by Crippen LogP contribution is -2.31. The van der Waals surface area contributed by atoms with Gasteiger partial charge < -0.3 is 9.67 Å². The molecule has 0 aromatic carbocycles. The Morgan fingerprint density at radius 3 is 2.78 bits per heavy atom. The van der Waals surface area contributed by atoms with Crippen molar-refractivity contribution in [2.24, 2.45) is 0 Å². The van der Waals surface area contributed by atoms with Crippen LogP contribution in [0.25, 0.3) is 0 Å². The molecule has 0 aromatic heterocycles. The van der Waals surface area contributed by atoms with Crippen LogP contribution in [0.3, 0.4) is 0 Å². The van der Waals surface area contributed by atoms with Crippen LogP contribution in [0.4, 0.5) is 0 Å². The molecule has 1 amide bonds. The number of carbonyl (C=O) groups excluding carboxylic acids is 1. The van der Waals surface area contributed by atoms with E-state index in [1.807, 2.05) is 6.92 Å². The van der Waals surface area contributed by atoms with Crippen LogP contribution in [0.5, 0.6) is 0 Å². The molecule has 4 nitrogen and oxygen atoms in total.